The van der Waals surface area contributed by atoms with Gasteiger partial charge in [-0.05, 0) is 43.9 Å². The maximum atomic E-state index is 13.3. The van der Waals surface area contributed by atoms with Gasteiger partial charge in [-0.25, -0.2) is 12.8 Å². The van der Waals surface area contributed by atoms with Crippen molar-refractivity contribution in [2.45, 2.75) is 48.8 Å². The van der Waals surface area contributed by atoms with E-state index in [1.54, 1.807) is 0 Å². The highest BCUT2D eigenvalue weighted by atomic mass is 35.5. The SMILES string of the molecule is O=S(=O)(c1cc(F)ccc1Cl)N1C2CCC1CC(O)C2. The molecule has 2 unspecified atom stereocenters. The summed E-state index contributed by atoms with van der Waals surface area (Å²) in [5, 5.41) is 9.76. The molecule has 0 aliphatic carbocycles. The number of hydrogen-bond acceptors (Lipinski definition) is 3. The Morgan fingerprint density at radius 2 is 1.85 bits per heavy atom. The maximum Gasteiger partial charge on any atom is 0.245 e. The van der Waals surface area contributed by atoms with Crippen molar-refractivity contribution in [2.75, 3.05) is 0 Å². The summed E-state index contributed by atoms with van der Waals surface area (Å²) in [6.07, 6.45) is 1.87. The molecule has 4 nitrogen and oxygen atoms in total. The lowest BCUT2D eigenvalue weighted by atomic mass is 10.0. The lowest BCUT2D eigenvalue weighted by molar-refractivity contribution is 0.0768. The second kappa shape index (κ2) is 4.94. The Hall–Kier alpha value is -0.690. The van der Waals surface area contributed by atoms with Gasteiger partial charge < -0.3 is 5.11 Å². The van der Waals surface area contributed by atoms with Gasteiger partial charge in [-0.3, -0.25) is 0 Å². The largest absolute Gasteiger partial charge is 0.393 e. The van der Waals surface area contributed by atoms with Crippen LogP contribution in [-0.2, 0) is 10.0 Å². The molecule has 3 rings (SSSR count). The molecule has 1 aromatic carbocycles. The van der Waals surface area contributed by atoms with E-state index in [2.05, 4.69) is 0 Å². The molecule has 0 spiro atoms. The molecule has 0 amide bonds. The molecule has 0 saturated carbocycles. The third-order valence-corrected chi connectivity index (χ3v) is 6.58. The van der Waals surface area contributed by atoms with Crippen molar-refractivity contribution >= 4 is 21.6 Å². The van der Waals surface area contributed by atoms with Crippen LogP contribution in [0.4, 0.5) is 4.39 Å². The molecular weight excluding hydrogens is 305 g/mol. The molecule has 2 atom stereocenters. The average Bonchev–Trinajstić information content (AvgIpc) is 2.66. The van der Waals surface area contributed by atoms with Crippen LogP contribution >= 0.6 is 11.6 Å². The fourth-order valence-corrected chi connectivity index (χ4v) is 5.67. The van der Waals surface area contributed by atoms with Crippen LogP contribution < -0.4 is 0 Å². The minimum Gasteiger partial charge on any atom is -0.393 e. The van der Waals surface area contributed by atoms with Crippen LogP contribution in [-0.4, -0.2) is 36.0 Å². The molecule has 2 bridgehead atoms. The van der Waals surface area contributed by atoms with Crippen LogP contribution in [0.2, 0.25) is 5.02 Å². The van der Waals surface area contributed by atoms with Gasteiger partial charge in [0.2, 0.25) is 10.0 Å². The Labute approximate surface area is 122 Å². The standard InChI is InChI=1S/C13H15ClFNO3S/c14-12-4-1-8(15)5-13(12)20(18,19)16-9-2-3-10(16)7-11(17)6-9/h1,4-5,9-11,17H,2-3,6-7H2. The van der Waals surface area contributed by atoms with Crippen molar-refractivity contribution in [1.82, 2.24) is 4.31 Å². The fraction of sp³-hybridized carbons (Fsp3) is 0.538. The van der Waals surface area contributed by atoms with E-state index in [-0.39, 0.29) is 22.0 Å². The number of aliphatic hydroxyl groups is 1. The zero-order valence-electron chi connectivity index (χ0n) is 10.7. The van der Waals surface area contributed by atoms with Crippen LogP contribution in [0.5, 0.6) is 0 Å². The Balaban J connectivity index is 2.03. The molecule has 2 aliphatic heterocycles. The Bertz CT molecular complexity index is 623. The minimum absolute atomic E-state index is 0.0249. The van der Waals surface area contributed by atoms with Crippen molar-refractivity contribution in [1.29, 1.82) is 0 Å². The Morgan fingerprint density at radius 3 is 2.45 bits per heavy atom. The highest BCUT2D eigenvalue weighted by molar-refractivity contribution is 7.89. The molecule has 1 N–H and O–H groups in total. The lowest BCUT2D eigenvalue weighted by Crippen LogP contribution is -2.47. The zero-order valence-corrected chi connectivity index (χ0v) is 12.2. The van der Waals surface area contributed by atoms with Gasteiger partial charge in [0.25, 0.3) is 0 Å². The van der Waals surface area contributed by atoms with E-state index in [1.807, 2.05) is 0 Å². The molecule has 1 aromatic rings. The molecule has 0 aromatic heterocycles. The van der Waals surface area contributed by atoms with Crippen molar-refractivity contribution < 1.29 is 17.9 Å². The summed E-state index contributed by atoms with van der Waals surface area (Å²) in [6.45, 7) is 0. The number of rotatable bonds is 2. The van der Waals surface area contributed by atoms with Crippen LogP contribution in [0.3, 0.4) is 0 Å². The third-order valence-electron chi connectivity index (χ3n) is 4.09. The highest BCUT2D eigenvalue weighted by Gasteiger charge is 2.47. The summed E-state index contributed by atoms with van der Waals surface area (Å²) >= 11 is 5.92. The average molecular weight is 320 g/mol. The molecule has 0 radical (unpaired) electrons. The van der Waals surface area contributed by atoms with Gasteiger partial charge in [0.1, 0.15) is 10.7 Å². The van der Waals surface area contributed by atoms with Crippen LogP contribution in [0, 0.1) is 5.82 Å². The van der Waals surface area contributed by atoms with Crippen molar-refractivity contribution in [3.05, 3.63) is 29.0 Å². The number of fused-ring (bicyclic) bond motifs is 2. The molecule has 2 heterocycles. The fourth-order valence-electron chi connectivity index (χ4n) is 3.29. The van der Waals surface area contributed by atoms with E-state index in [1.165, 1.54) is 10.4 Å². The smallest absolute Gasteiger partial charge is 0.245 e. The predicted molar refractivity (Wildman–Crippen MR) is 72.5 cm³/mol. The Kier molecular flexibility index (Phi) is 3.52. The molecule has 110 valence electrons. The molecule has 2 saturated heterocycles. The Morgan fingerprint density at radius 1 is 1.25 bits per heavy atom. The van der Waals surface area contributed by atoms with Crippen molar-refractivity contribution in [2.24, 2.45) is 0 Å². The van der Waals surface area contributed by atoms with Gasteiger partial charge in [0.15, 0.2) is 0 Å². The van der Waals surface area contributed by atoms with Gasteiger partial charge in [0, 0.05) is 12.1 Å². The molecule has 20 heavy (non-hydrogen) atoms. The second-order valence-electron chi connectivity index (χ2n) is 5.42. The zero-order chi connectivity index (χ0) is 14.5. The summed E-state index contributed by atoms with van der Waals surface area (Å²) in [7, 11) is -3.82. The number of piperidine rings is 1. The molecule has 2 fully saturated rings. The van der Waals surface area contributed by atoms with E-state index in [9.17, 15) is 17.9 Å². The van der Waals surface area contributed by atoms with E-state index >= 15 is 0 Å². The van der Waals surface area contributed by atoms with Gasteiger partial charge in [-0.2, -0.15) is 4.31 Å². The predicted octanol–water partition coefficient (Wildman–Crippen LogP) is 2.16. The first kappa shape index (κ1) is 14.3. The first-order valence-corrected chi connectivity index (χ1v) is 8.38. The summed E-state index contributed by atoms with van der Waals surface area (Å²) in [5.41, 5.74) is 0. The summed E-state index contributed by atoms with van der Waals surface area (Å²) in [4.78, 5) is -0.188. The lowest BCUT2D eigenvalue weighted by Gasteiger charge is -2.36. The maximum absolute atomic E-state index is 13.3. The van der Waals surface area contributed by atoms with E-state index in [0.29, 0.717) is 12.8 Å². The molecule has 7 heteroatoms. The van der Waals surface area contributed by atoms with E-state index in [0.717, 1.165) is 25.0 Å². The van der Waals surface area contributed by atoms with Crippen LogP contribution in [0.1, 0.15) is 25.7 Å². The molecular formula is C13H15ClFNO3S. The monoisotopic (exact) mass is 319 g/mol. The second-order valence-corrected chi connectivity index (χ2v) is 7.64. The van der Waals surface area contributed by atoms with E-state index < -0.39 is 21.9 Å². The summed E-state index contributed by atoms with van der Waals surface area (Å²) < 4.78 is 40.2. The first-order chi connectivity index (χ1) is 9.39. The minimum atomic E-state index is -3.82. The first-order valence-electron chi connectivity index (χ1n) is 6.56. The number of nitrogens with zero attached hydrogens (tertiary/aromatic N) is 1. The topological polar surface area (TPSA) is 57.6 Å². The number of halogens is 2. The summed E-state index contributed by atoms with van der Waals surface area (Å²) in [6, 6.07) is 2.92. The van der Waals surface area contributed by atoms with Crippen molar-refractivity contribution in [3.63, 3.8) is 0 Å². The number of sulfonamides is 1. The van der Waals surface area contributed by atoms with Crippen molar-refractivity contribution in [3.8, 4) is 0 Å². The van der Waals surface area contributed by atoms with Crippen LogP contribution in [0.25, 0.3) is 0 Å². The van der Waals surface area contributed by atoms with Gasteiger partial charge >= 0.3 is 0 Å². The summed E-state index contributed by atoms with van der Waals surface area (Å²) in [5.74, 6) is -0.627. The molecule has 2 aliphatic rings. The number of aliphatic hydroxyl groups excluding tert-OH is 1. The van der Waals surface area contributed by atoms with Gasteiger partial charge in [-0.15, -0.1) is 0 Å². The third kappa shape index (κ3) is 2.24. The van der Waals surface area contributed by atoms with Gasteiger partial charge in [-0.1, -0.05) is 11.6 Å². The number of hydrogen-bond donors (Lipinski definition) is 1. The number of benzene rings is 1. The highest BCUT2D eigenvalue weighted by Crippen LogP contribution is 2.40. The van der Waals surface area contributed by atoms with E-state index in [4.69, 9.17) is 11.6 Å². The van der Waals surface area contributed by atoms with Crippen LogP contribution in [0.15, 0.2) is 23.1 Å². The van der Waals surface area contributed by atoms with Gasteiger partial charge in [0.05, 0.1) is 11.1 Å². The normalized spacial score (nSPS) is 30.6. The quantitative estimate of drug-likeness (QED) is 0.908.